The average Bonchev–Trinajstić information content (AvgIpc) is 3.40. The fourth-order valence-corrected chi connectivity index (χ4v) is 4.76. The molecule has 0 aliphatic carbocycles. The number of hydrogen-bond acceptors (Lipinski definition) is 5. The van der Waals surface area contributed by atoms with Gasteiger partial charge in [0.2, 0.25) is 5.78 Å². The lowest BCUT2D eigenvalue weighted by molar-refractivity contribution is -0.130. The molecule has 3 aromatic rings. The SMILES string of the molecule is Cc1ccccc1C1C(C(=O)c2cccs2)=C(O)C(=O)N1Cc1cccs1. The van der Waals surface area contributed by atoms with E-state index in [2.05, 4.69) is 0 Å². The number of Topliss-reactive ketones (excluding diaryl/α,β-unsaturated/α-hetero) is 1. The minimum atomic E-state index is -0.601. The molecule has 0 saturated carbocycles. The lowest BCUT2D eigenvalue weighted by atomic mass is 9.92. The summed E-state index contributed by atoms with van der Waals surface area (Å²) in [6.07, 6.45) is 0. The third-order valence-electron chi connectivity index (χ3n) is 4.68. The number of aliphatic hydroxyl groups is 1. The largest absolute Gasteiger partial charge is 0.503 e. The van der Waals surface area contributed by atoms with Gasteiger partial charge in [0.05, 0.1) is 23.0 Å². The summed E-state index contributed by atoms with van der Waals surface area (Å²) in [5.74, 6) is -1.24. The molecule has 0 bridgehead atoms. The van der Waals surface area contributed by atoms with Crippen molar-refractivity contribution in [3.05, 3.63) is 91.5 Å². The van der Waals surface area contributed by atoms with Gasteiger partial charge in [0.15, 0.2) is 5.76 Å². The molecular weight excluding hydrogens is 378 g/mol. The van der Waals surface area contributed by atoms with E-state index in [0.717, 1.165) is 16.0 Å². The van der Waals surface area contributed by atoms with E-state index in [-0.39, 0.29) is 11.4 Å². The molecule has 4 rings (SSSR count). The van der Waals surface area contributed by atoms with Gasteiger partial charge in [-0.1, -0.05) is 36.4 Å². The van der Waals surface area contributed by atoms with Gasteiger partial charge in [-0.2, -0.15) is 0 Å². The molecule has 4 nitrogen and oxygen atoms in total. The van der Waals surface area contributed by atoms with Crippen LogP contribution in [-0.2, 0) is 11.3 Å². The van der Waals surface area contributed by atoms with Crippen LogP contribution in [0.15, 0.2) is 70.6 Å². The Bertz CT molecular complexity index is 1020. The average molecular weight is 396 g/mol. The smallest absolute Gasteiger partial charge is 0.290 e. The monoisotopic (exact) mass is 395 g/mol. The van der Waals surface area contributed by atoms with Crippen molar-refractivity contribution < 1.29 is 14.7 Å². The highest BCUT2D eigenvalue weighted by atomic mass is 32.1. The van der Waals surface area contributed by atoms with Gasteiger partial charge in [-0.15, -0.1) is 22.7 Å². The first-order valence-corrected chi connectivity index (χ1v) is 10.2. The summed E-state index contributed by atoms with van der Waals surface area (Å²) in [6.45, 7) is 2.30. The van der Waals surface area contributed by atoms with Gasteiger partial charge in [-0.05, 0) is 40.9 Å². The fraction of sp³-hybridized carbons (Fsp3) is 0.143. The van der Waals surface area contributed by atoms with Gasteiger partial charge in [0.25, 0.3) is 5.91 Å². The second-order valence-corrected chi connectivity index (χ2v) is 8.32. The van der Waals surface area contributed by atoms with E-state index < -0.39 is 17.7 Å². The molecule has 1 aromatic carbocycles. The molecule has 1 amide bonds. The molecular formula is C21H17NO3S2. The second-order valence-electron chi connectivity index (χ2n) is 6.34. The van der Waals surface area contributed by atoms with Gasteiger partial charge in [-0.25, -0.2) is 0 Å². The van der Waals surface area contributed by atoms with Crippen LogP contribution in [-0.4, -0.2) is 21.7 Å². The molecule has 0 spiro atoms. The van der Waals surface area contributed by atoms with Crippen LogP contribution in [0.2, 0.25) is 0 Å². The van der Waals surface area contributed by atoms with Crippen LogP contribution in [0.1, 0.15) is 31.7 Å². The Labute approximate surface area is 165 Å². The van der Waals surface area contributed by atoms with E-state index in [4.69, 9.17) is 0 Å². The highest BCUT2D eigenvalue weighted by Gasteiger charge is 2.44. The van der Waals surface area contributed by atoms with Crippen LogP contribution in [0.5, 0.6) is 0 Å². The van der Waals surface area contributed by atoms with E-state index >= 15 is 0 Å². The molecule has 136 valence electrons. The zero-order valence-electron chi connectivity index (χ0n) is 14.6. The molecule has 0 fully saturated rings. The number of aliphatic hydroxyl groups excluding tert-OH is 1. The van der Waals surface area contributed by atoms with Crippen LogP contribution in [0.4, 0.5) is 0 Å². The van der Waals surface area contributed by atoms with Gasteiger partial charge < -0.3 is 10.0 Å². The van der Waals surface area contributed by atoms with Crippen molar-refractivity contribution >= 4 is 34.4 Å². The number of hydrogen-bond donors (Lipinski definition) is 1. The molecule has 0 radical (unpaired) electrons. The predicted molar refractivity (Wildman–Crippen MR) is 107 cm³/mol. The van der Waals surface area contributed by atoms with Crippen molar-refractivity contribution in [1.29, 1.82) is 0 Å². The van der Waals surface area contributed by atoms with Crippen LogP contribution < -0.4 is 0 Å². The van der Waals surface area contributed by atoms with E-state index in [0.29, 0.717) is 11.4 Å². The Balaban J connectivity index is 1.83. The maximum atomic E-state index is 13.1. The molecule has 1 atom stereocenters. The van der Waals surface area contributed by atoms with Gasteiger partial charge in [0, 0.05) is 4.88 Å². The predicted octanol–water partition coefficient (Wildman–Crippen LogP) is 4.90. The van der Waals surface area contributed by atoms with E-state index in [1.165, 1.54) is 11.3 Å². The van der Waals surface area contributed by atoms with Crippen molar-refractivity contribution in [2.24, 2.45) is 0 Å². The van der Waals surface area contributed by atoms with E-state index in [9.17, 15) is 14.7 Å². The standard InChI is InChI=1S/C21H17NO3S2/c1-13-6-2-3-8-15(13)18-17(19(23)16-9-5-11-27-16)20(24)21(25)22(18)12-14-7-4-10-26-14/h2-11,18,24H,12H2,1H3. The number of thiophene rings is 2. The summed E-state index contributed by atoms with van der Waals surface area (Å²) in [5.41, 5.74) is 1.98. The van der Waals surface area contributed by atoms with Crippen molar-refractivity contribution in [2.75, 3.05) is 0 Å². The van der Waals surface area contributed by atoms with E-state index in [1.54, 1.807) is 28.4 Å². The molecule has 1 aliphatic rings. The topological polar surface area (TPSA) is 57.6 Å². The number of aryl methyl sites for hydroxylation is 1. The lowest BCUT2D eigenvalue weighted by Crippen LogP contribution is -2.30. The number of carbonyl (C=O) groups excluding carboxylic acids is 2. The van der Waals surface area contributed by atoms with E-state index in [1.807, 2.05) is 54.1 Å². The highest BCUT2D eigenvalue weighted by Crippen LogP contribution is 2.41. The van der Waals surface area contributed by atoms with Crippen molar-refractivity contribution in [1.82, 2.24) is 4.90 Å². The Morgan fingerprint density at radius 3 is 2.48 bits per heavy atom. The van der Waals surface area contributed by atoms with Crippen molar-refractivity contribution in [3.63, 3.8) is 0 Å². The van der Waals surface area contributed by atoms with Crippen molar-refractivity contribution in [2.45, 2.75) is 19.5 Å². The summed E-state index contributed by atoms with van der Waals surface area (Å²) in [6, 6.07) is 14.4. The molecule has 0 saturated heterocycles. The van der Waals surface area contributed by atoms with Crippen molar-refractivity contribution in [3.8, 4) is 0 Å². The quantitative estimate of drug-likeness (QED) is 0.626. The van der Waals surface area contributed by atoms with Crippen LogP contribution in [0.25, 0.3) is 0 Å². The molecule has 2 aromatic heterocycles. The van der Waals surface area contributed by atoms with Gasteiger partial charge >= 0.3 is 0 Å². The lowest BCUT2D eigenvalue weighted by Gasteiger charge is -2.27. The normalized spacial score (nSPS) is 17.0. The number of nitrogens with zero attached hydrogens (tertiary/aromatic N) is 1. The Hall–Kier alpha value is -2.70. The Morgan fingerprint density at radius 2 is 1.81 bits per heavy atom. The molecule has 6 heteroatoms. The molecule has 1 unspecified atom stereocenters. The van der Waals surface area contributed by atoms with Crippen LogP contribution in [0.3, 0.4) is 0 Å². The van der Waals surface area contributed by atoms with Gasteiger partial charge in [-0.3, -0.25) is 9.59 Å². The molecule has 27 heavy (non-hydrogen) atoms. The Morgan fingerprint density at radius 1 is 1.07 bits per heavy atom. The number of ketones is 1. The zero-order chi connectivity index (χ0) is 19.0. The first kappa shape index (κ1) is 17.7. The van der Waals surface area contributed by atoms with Gasteiger partial charge in [0.1, 0.15) is 0 Å². The summed E-state index contributed by atoms with van der Waals surface area (Å²) < 4.78 is 0. The number of carbonyl (C=O) groups is 2. The first-order chi connectivity index (χ1) is 13.1. The molecule has 1 N–H and O–H groups in total. The number of amides is 1. The maximum Gasteiger partial charge on any atom is 0.290 e. The third-order valence-corrected chi connectivity index (χ3v) is 6.41. The zero-order valence-corrected chi connectivity index (χ0v) is 16.2. The summed E-state index contributed by atoms with van der Waals surface area (Å²) >= 11 is 2.85. The summed E-state index contributed by atoms with van der Waals surface area (Å²) in [5, 5.41) is 14.4. The number of benzene rings is 1. The highest BCUT2D eigenvalue weighted by molar-refractivity contribution is 7.12. The summed E-state index contributed by atoms with van der Waals surface area (Å²) in [7, 11) is 0. The molecule has 1 aliphatic heterocycles. The minimum Gasteiger partial charge on any atom is -0.503 e. The number of rotatable bonds is 5. The first-order valence-electron chi connectivity index (χ1n) is 8.48. The van der Waals surface area contributed by atoms with Crippen LogP contribution >= 0.6 is 22.7 Å². The van der Waals surface area contributed by atoms with Crippen LogP contribution in [0, 0.1) is 6.92 Å². The maximum absolute atomic E-state index is 13.1. The minimum absolute atomic E-state index is 0.160. The fourth-order valence-electron chi connectivity index (χ4n) is 3.38. The Kier molecular flexibility index (Phi) is 4.68. The third kappa shape index (κ3) is 3.11. The summed E-state index contributed by atoms with van der Waals surface area (Å²) in [4.78, 5) is 29.1. The molecule has 3 heterocycles. The second kappa shape index (κ2) is 7.13.